The fourth-order valence-corrected chi connectivity index (χ4v) is 2.99. The maximum Gasteiger partial charge on any atom is 0.238 e. The van der Waals surface area contributed by atoms with Crippen LogP contribution in [0.25, 0.3) is 0 Å². The van der Waals surface area contributed by atoms with Crippen molar-refractivity contribution < 1.29 is 19.0 Å². The summed E-state index contributed by atoms with van der Waals surface area (Å²) in [6.07, 6.45) is 0. The first-order valence-corrected chi connectivity index (χ1v) is 9.55. The molecule has 0 unspecified atom stereocenters. The third kappa shape index (κ3) is 6.32. The Morgan fingerprint density at radius 3 is 2.39 bits per heavy atom. The summed E-state index contributed by atoms with van der Waals surface area (Å²) < 4.78 is 16.5. The average molecular weight is 407 g/mol. The van der Waals surface area contributed by atoms with Crippen LogP contribution in [-0.4, -0.2) is 44.7 Å². The van der Waals surface area contributed by atoms with Gasteiger partial charge in [0, 0.05) is 28.9 Å². The van der Waals surface area contributed by atoms with Crippen molar-refractivity contribution in [3.8, 4) is 17.2 Å². The van der Waals surface area contributed by atoms with Crippen LogP contribution in [-0.2, 0) is 11.3 Å². The summed E-state index contributed by atoms with van der Waals surface area (Å²) >= 11 is 6.07. The Morgan fingerprint density at radius 1 is 1.04 bits per heavy atom. The van der Waals surface area contributed by atoms with Gasteiger partial charge in [-0.2, -0.15) is 0 Å². The molecule has 2 rings (SSSR count). The number of carbonyl (C=O) groups excluding carboxylic acids is 1. The van der Waals surface area contributed by atoms with E-state index in [0.29, 0.717) is 42.0 Å². The van der Waals surface area contributed by atoms with Gasteiger partial charge in [-0.25, -0.2) is 0 Å². The molecule has 0 aliphatic rings. The van der Waals surface area contributed by atoms with Crippen LogP contribution >= 0.6 is 11.6 Å². The van der Waals surface area contributed by atoms with Gasteiger partial charge in [0.05, 0.1) is 26.9 Å². The summed E-state index contributed by atoms with van der Waals surface area (Å²) in [5.74, 6) is 1.88. The van der Waals surface area contributed by atoms with Crippen LogP contribution in [0.15, 0.2) is 36.4 Å². The van der Waals surface area contributed by atoms with Crippen molar-refractivity contribution in [2.75, 3.05) is 39.2 Å². The van der Waals surface area contributed by atoms with Crippen molar-refractivity contribution in [1.82, 2.24) is 4.90 Å². The summed E-state index contributed by atoms with van der Waals surface area (Å²) in [6, 6.07) is 10.8. The van der Waals surface area contributed by atoms with E-state index in [2.05, 4.69) is 5.32 Å². The van der Waals surface area contributed by atoms with E-state index in [1.165, 1.54) is 0 Å². The molecule has 2 aromatic rings. The van der Waals surface area contributed by atoms with E-state index >= 15 is 0 Å². The molecule has 1 N–H and O–H groups in total. The van der Waals surface area contributed by atoms with E-state index in [1.54, 1.807) is 31.4 Å². The minimum Gasteiger partial charge on any atom is -0.496 e. The lowest BCUT2D eigenvalue weighted by atomic mass is 10.2. The molecule has 0 aliphatic carbocycles. The number of nitrogens with zero attached hydrogens (tertiary/aromatic N) is 1. The Hall–Kier alpha value is -2.44. The standard InChI is InChI=1S/C21H27ClN2O4/c1-5-27-19-10-8-17(12-20(19)28-6-2)23-21(25)14-24(3)13-15-11-16(22)7-9-18(15)26-4/h7-12H,5-6,13-14H2,1-4H3,(H,23,25). The van der Waals surface area contributed by atoms with Crippen molar-refractivity contribution in [1.29, 1.82) is 0 Å². The van der Waals surface area contributed by atoms with Crippen molar-refractivity contribution in [2.24, 2.45) is 0 Å². The number of benzene rings is 2. The molecule has 152 valence electrons. The zero-order valence-corrected chi connectivity index (χ0v) is 17.5. The van der Waals surface area contributed by atoms with Crippen LogP contribution in [0.1, 0.15) is 19.4 Å². The van der Waals surface area contributed by atoms with Gasteiger partial charge in [0.1, 0.15) is 5.75 Å². The lowest BCUT2D eigenvalue weighted by Gasteiger charge is -2.18. The molecule has 0 fully saturated rings. The Morgan fingerprint density at radius 2 is 1.71 bits per heavy atom. The van der Waals surface area contributed by atoms with Gasteiger partial charge >= 0.3 is 0 Å². The Labute approximate surface area is 171 Å². The molecule has 0 bridgehead atoms. The van der Waals surface area contributed by atoms with Crippen LogP contribution < -0.4 is 19.5 Å². The van der Waals surface area contributed by atoms with Crippen LogP contribution in [0, 0.1) is 0 Å². The number of ether oxygens (including phenoxy) is 3. The Kier molecular flexibility index (Phi) is 8.42. The molecule has 0 saturated heterocycles. The lowest BCUT2D eigenvalue weighted by Crippen LogP contribution is -2.30. The second kappa shape index (κ2) is 10.8. The minimum absolute atomic E-state index is 0.130. The summed E-state index contributed by atoms with van der Waals surface area (Å²) in [7, 11) is 3.48. The fourth-order valence-electron chi connectivity index (χ4n) is 2.79. The molecule has 0 aromatic heterocycles. The molecule has 0 atom stereocenters. The van der Waals surface area contributed by atoms with Gasteiger partial charge in [-0.3, -0.25) is 9.69 Å². The van der Waals surface area contributed by atoms with E-state index in [9.17, 15) is 4.79 Å². The second-order valence-electron chi connectivity index (χ2n) is 6.20. The predicted octanol–water partition coefficient (Wildman–Crippen LogP) is 4.22. The number of methoxy groups -OCH3 is 1. The number of likely N-dealkylation sites (N-methyl/N-ethyl adjacent to an activating group) is 1. The first-order valence-electron chi connectivity index (χ1n) is 9.17. The van der Waals surface area contributed by atoms with E-state index in [1.807, 2.05) is 37.9 Å². The highest BCUT2D eigenvalue weighted by atomic mass is 35.5. The number of hydrogen-bond donors (Lipinski definition) is 1. The minimum atomic E-state index is -0.130. The summed E-state index contributed by atoms with van der Waals surface area (Å²) in [5.41, 5.74) is 1.58. The van der Waals surface area contributed by atoms with Gasteiger partial charge in [-0.15, -0.1) is 0 Å². The molecule has 28 heavy (non-hydrogen) atoms. The smallest absolute Gasteiger partial charge is 0.238 e. The maximum absolute atomic E-state index is 12.4. The number of rotatable bonds is 10. The molecule has 0 saturated carbocycles. The van der Waals surface area contributed by atoms with Crippen LogP contribution in [0.5, 0.6) is 17.2 Å². The van der Waals surface area contributed by atoms with Crippen LogP contribution in [0.3, 0.4) is 0 Å². The van der Waals surface area contributed by atoms with Gasteiger partial charge in [-0.1, -0.05) is 11.6 Å². The molecule has 0 aliphatic heterocycles. The van der Waals surface area contributed by atoms with Crippen LogP contribution in [0.2, 0.25) is 5.02 Å². The van der Waals surface area contributed by atoms with Crippen molar-refractivity contribution in [2.45, 2.75) is 20.4 Å². The van der Waals surface area contributed by atoms with E-state index < -0.39 is 0 Å². The fraction of sp³-hybridized carbons (Fsp3) is 0.381. The molecule has 6 nitrogen and oxygen atoms in total. The first-order chi connectivity index (χ1) is 13.5. The number of amides is 1. The van der Waals surface area contributed by atoms with Gasteiger partial charge in [0.15, 0.2) is 11.5 Å². The van der Waals surface area contributed by atoms with E-state index in [0.717, 1.165) is 11.3 Å². The topological polar surface area (TPSA) is 60.0 Å². The quantitative estimate of drug-likeness (QED) is 0.640. The van der Waals surface area contributed by atoms with E-state index in [4.69, 9.17) is 25.8 Å². The second-order valence-corrected chi connectivity index (χ2v) is 6.64. The van der Waals surface area contributed by atoms with Crippen LogP contribution in [0.4, 0.5) is 5.69 Å². The largest absolute Gasteiger partial charge is 0.496 e. The molecule has 0 spiro atoms. The normalized spacial score (nSPS) is 10.6. The Balaban J connectivity index is 1.99. The maximum atomic E-state index is 12.4. The summed E-state index contributed by atoms with van der Waals surface area (Å²) in [6.45, 7) is 5.62. The third-order valence-corrected chi connectivity index (χ3v) is 4.16. The monoisotopic (exact) mass is 406 g/mol. The SMILES string of the molecule is CCOc1ccc(NC(=O)CN(C)Cc2cc(Cl)ccc2OC)cc1OCC. The van der Waals surface area contributed by atoms with Crippen molar-refractivity contribution in [3.63, 3.8) is 0 Å². The number of halogens is 1. The highest BCUT2D eigenvalue weighted by molar-refractivity contribution is 6.30. The molecular formula is C21H27ClN2O4. The van der Waals surface area contributed by atoms with Crippen molar-refractivity contribution in [3.05, 3.63) is 47.0 Å². The molecule has 7 heteroatoms. The molecular weight excluding hydrogens is 380 g/mol. The molecule has 0 heterocycles. The Bertz CT molecular complexity index is 798. The van der Waals surface area contributed by atoms with Gasteiger partial charge in [0.25, 0.3) is 0 Å². The zero-order chi connectivity index (χ0) is 20.5. The lowest BCUT2D eigenvalue weighted by molar-refractivity contribution is -0.117. The highest BCUT2D eigenvalue weighted by Gasteiger charge is 2.13. The molecule has 2 aromatic carbocycles. The number of anilines is 1. The zero-order valence-electron chi connectivity index (χ0n) is 16.8. The summed E-state index contributed by atoms with van der Waals surface area (Å²) in [5, 5.41) is 3.52. The van der Waals surface area contributed by atoms with Crippen molar-refractivity contribution >= 4 is 23.2 Å². The highest BCUT2D eigenvalue weighted by Crippen LogP contribution is 2.30. The first kappa shape index (κ1) is 21.9. The van der Waals surface area contributed by atoms with E-state index in [-0.39, 0.29) is 12.5 Å². The number of carbonyl (C=O) groups is 1. The molecule has 1 amide bonds. The predicted molar refractivity (Wildman–Crippen MR) is 112 cm³/mol. The molecule has 0 radical (unpaired) electrons. The number of hydrogen-bond acceptors (Lipinski definition) is 5. The number of nitrogens with one attached hydrogen (secondary N) is 1. The van der Waals surface area contributed by atoms with Gasteiger partial charge < -0.3 is 19.5 Å². The summed E-state index contributed by atoms with van der Waals surface area (Å²) in [4.78, 5) is 14.3. The average Bonchev–Trinajstić information content (AvgIpc) is 2.64. The van der Waals surface area contributed by atoms with Gasteiger partial charge in [0.2, 0.25) is 5.91 Å². The third-order valence-electron chi connectivity index (χ3n) is 3.92. The van der Waals surface area contributed by atoms with Gasteiger partial charge in [-0.05, 0) is 51.2 Å².